The van der Waals surface area contributed by atoms with Crippen molar-refractivity contribution >= 4 is 28.8 Å². The fourth-order valence-corrected chi connectivity index (χ4v) is 3.38. The fourth-order valence-electron chi connectivity index (χ4n) is 3.38. The van der Waals surface area contributed by atoms with Crippen molar-refractivity contribution in [3.63, 3.8) is 0 Å². The zero-order valence-electron chi connectivity index (χ0n) is 15.3. The van der Waals surface area contributed by atoms with E-state index in [2.05, 4.69) is 38.4 Å². The summed E-state index contributed by atoms with van der Waals surface area (Å²) in [6.07, 6.45) is 6.69. The van der Waals surface area contributed by atoms with Gasteiger partial charge in [0.15, 0.2) is 0 Å². The van der Waals surface area contributed by atoms with E-state index in [1.54, 1.807) is 12.4 Å². The first-order chi connectivity index (χ1) is 13.7. The van der Waals surface area contributed by atoms with Crippen molar-refractivity contribution < 1.29 is 9.90 Å². The number of nitrogens with zero attached hydrogens (tertiary/aromatic N) is 4. The molecular weight excluding hydrogens is 354 g/mol. The quantitative estimate of drug-likeness (QED) is 0.640. The van der Waals surface area contributed by atoms with Gasteiger partial charge in [0.05, 0.1) is 29.3 Å². The summed E-state index contributed by atoms with van der Waals surface area (Å²) < 4.78 is 0. The standard InChI is InChI=1S/C21H21N5O2/c27-21(28)8-7-16-11-23-20(12-22-16)25-18-9-10-26(14-18)13-17-6-5-15-3-1-2-4-19(15)24-17/h1-8,11-12,18H,9-10,13-14H2,(H,23,25)(H,27,28)/t18-/m1/s1. The van der Waals surface area contributed by atoms with Crippen LogP contribution in [0.3, 0.4) is 0 Å². The molecule has 3 heterocycles. The predicted octanol–water partition coefficient (Wildman–Crippen LogP) is 2.81. The van der Waals surface area contributed by atoms with E-state index in [1.807, 2.05) is 18.2 Å². The summed E-state index contributed by atoms with van der Waals surface area (Å²) in [6.45, 7) is 2.74. The Labute approximate surface area is 162 Å². The highest BCUT2D eigenvalue weighted by molar-refractivity contribution is 5.84. The number of carboxylic acids is 1. The van der Waals surface area contributed by atoms with Crippen molar-refractivity contribution in [1.82, 2.24) is 19.9 Å². The number of hydrogen-bond acceptors (Lipinski definition) is 6. The molecule has 0 saturated carbocycles. The molecule has 1 aliphatic heterocycles. The number of benzene rings is 1. The van der Waals surface area contributed by atoms with Crippen LogP contribution in [0.2, 0.25) is 0 Å². The summed E-state index contributed by atoms with van der Waals surface area (Å²) in [4.78, 5) is 26.2. The molecule has 2 N–H and O–H groups in total. The highest BCUT2D eigenvalue weighted by atomic mass is 16.4. The first-order valence-electron chi connectivity index (χ1n) is 9.22. The third kappa shape index (κ3) is 4.50. The molecule has 1 aromatic carbocycles. The van der Waals surface area contributed by atoms with Gasteiger partial charge < -0.3 is 10.4 Å². The summed E-state index contributed by atoms with van der Waals surface area (Å²) >= 11 is 0. The van der Waals surface area contributed by atoms with E-state index >= 15 is 0 Å². The molecule has 2 aromatic heterocycles. The largest absolute Gasteiger partial charge is 0.478 e. The zero-order chi connectivity index (χ0) is 19.3. The van der Waals surface area contributed by atoms with Crippen molar-refractivity contribution in [2.24, 2.45) is 0 Å². The molecule has 1 fully saturated rings. The normalized spacial score (nSPS) is 17.4. The van der Waals surface area contributed by atoms with Gasteiger partial charge in [-0.05, 0) is 24.6 Å². The second-order valence-corrected chi connectivity index (χ2v) is 6.86. The molecule has 142 valence electrons. The molecule has 1 saturated heterocycles. The third-order valence-electron chi connectivity index (χ3n) is 4.73. The Morgan fingerprint density at radius 2 is 2.11 bits per heavy atom. The lowest BCUT2D eigenvalue weighted by Gasteiger charge is -2.17. The molecule has 4 rings (SSSR count). The van der Waals surface area contributed by atoms with Crippen LogP contribution in [0.4, 0.5) is 5.82 Å². The van der Waals surface area contributed by atoms with E-state index in [1.165, 1.54) is 6.08 Å². The van der Waals surface area contributed by atoms with E-state index < -0.39 is 5.97 Å². The summed E-state index contributed by atoms with van der Waals surface area (Å²) in [5.74, 6) is -0.306. The Hall–Kier alpha value is -3.32. The van der Waals surface area contributed by atoms with Crippen LogP contribution in [0.1, 0.15) is 17.8 Å². The number of para-hydroxylation sites is 1. The predicted molar refractivity (Wildman–Crippen MR) is 108 cm³/mol. The second kappa shape index (κ2) is 8.14. The van der Waals surface area contributed by atoms with Crippen LogP contribution in [0.5, 0.6) is 0 Å². The Morgan fingerprint density at radius 1 is 1.21 bits per heavy atom. The van der Waals surface area contributed by atoms with E-state index in [0.29, 0.717) is 17.6 Å². The Kier molecular flexibility index (Phi) is 5.25. The zero-order valence-corrected chi connectivity index (χ0v) is 15.3. The number of hydrogen-bond donors (Lipinski definition) is 2. The molecule has 0 amide bonds. The van der Waals surface area contributed by atoms with Gasteiger partial charge in [-0.3, -0.25) is 14.9 Å². The van der Waals surface area contributed by atoms with Crippen molar-refractivity contribution in [2.75, 3.05) is 18.4 Å². The third-order valence-corrected chi connectivity index (χ3v) is 4.73. The van der Waals surface area contributed by atoms with Gasteiger partial charge in [-0.25, -0.2) is 9.78 Å². The highest BCUT2D eigenvalue weighted by Gasteiger charge is 2.23. The lowest BCUT2D eigenvalue weighted by Crippen LogP contribution is -2.26. The summed E-state index contributed by atoms with van der Waals surface area (Å²) in [7, 11) is 0. The van der Waals surface area contributed by atoms with Crippen LogP contribution in [-0.2, 0) is 11.3 Å². The summed E-state index contributed by atoms with van der Waals surface area (Å²) in [6, 6.07) is 12.7. The average Bonchev–Trinajstić information content (AvgIpc) is 3.14. The van der Waals surface area contributed by atoms with Gasteiger partial charge in [0, 0.05) is 37.1 Å². The Balaban J connectivity index is 1.33. The Bertz CT molecular complexity index is 1000. The fraction of sp³-hybridized carbons (Fsp3) is 0.238. The van der Waals surface area contributed by atoms with Crippen LogP contribution < -0.4 is 5.32 Å². The molecule has 3 aromatic rings. The SMILES string of the molecule is O=C(O)C=Cc1cnc(N[C@@H]2CCN(Cc3ccc4ccccc4n3)C2)cn1. The Morgan fingerprint density at radius 3 is 2.93 bits per heavy atom. The van der Waals surface area contributed by atoms with Crippen LogP contribution in [0.25, 0.3) is 17.0 Å². The topological polar surface area (TPSA) is 91.2 Å². The number of aliphatic carboxylic acids is 1. The first-order valence-corrected chi connectivity index (χ1v) is 9.22. The minimum atomic E-state index is -1.00. The molecule has 1 atom stereocenters. The summed E-state index contributed by atoms with van der Waals surface area (Å²) in [5.41, 5.74) is 2.62. The molecule has 0 unspecified atom stereocenters. The van der Waals surface area contributed by atoms with Crippen LogP contribution >= 0.6 is 0 Å². The summed E-state index contributed by atoms with van der Waals surface area (Å²) in [5, 5.41) is 13.2. The van der Waals surface area contributed by atoms with Gasteiger partial charge in [0.25, 0.3) is 0 Å². The molecule has 0 bridgehead atoms. The smallest absolute Gasteiger partial charge is 0.328 e. The number of pyridine rings is 1. The van der Waals surface area contributed by atoms with Gasteiger partial charge in [0.1, 0.15) is 5.82 Å². The van der Waals surface area contributed by atoms with Crippen LogP contribution in [0.15, 0.2) is 54.9 Å². The van der Waals surface area contributed by atoms with E-state index in [4.69, 9.17) is 10.1 Å². The molecule has 0 radical (unpaired) electrons. The molecule has 1 aliphatic rings. The number of nitrogens with one attached hydrogen (secondary N) is 1. The van der Waals surface area contributed by atoms with Crippen LogP contribution in [-0.4, -0.2) is 50.1 Å². The number of carbonyl (C=O) groups is 1. The van der Waals surface area contributed by atoms with E-state index in [0.717, 1.165) is 48.7 Å². The van der Waals surface area contributed by atoms with Crippen molar-refractivity contribution in [3.05, 3.63) is 66.3 Å². The van der Waals surface area contributed by atoms with Crippen molar-refractivity contribution in [1.29, 1.82) is 0 Å². The molecule has 7 heteroatoms. The number of carboxylic acid groups (broad SMARTS) is 1. The molecular formula is C21H21N5O2. The number of aromatic nitrogens is 3. The lowest BCUT2D eigenvalue weighted by molar-refractivity contribution is -0.131. The first kappa shape index (κ1) is 18.1. The number of rotatable bonds is 6. The van der Waals surface area contributed by atoms with Crippen molar-refractivity contribution in [2.45, 2.75) is 19.0 Å². The minimum Gasteiger partial charge on any atom is -0.478 e. The molecule has 28 heavy (non-hydrogen) atoms. The molecule has 0 aliphatic carbocycles. The van der Waals surface area contributed by atoms with Crippen molar-refractivity contribution in [3.8, 4) is 0 Å². The van der Waals surface area contributed by atoms with Gasteiger partial charge >= 0.3 is 5.97 Å². The van der Waals surface area contributed by atoms with Gasteiger partial charge in [0.2, 0.25) is 0 Å². The number of fused-ring (bicyclic) bond motifs is 1. The highest BCUT2D eigenvalue weighted by Crippen LogP contribution is 2.18. The second-order valence-electron chi connectivity index (χ2n) is 6.86. The maximum absolute atomic E-state index is 10.5. The van der Waals surface area contributed by atoms with E-state index in [9.17, 15) is 4.79 Å². The maximum Gasteiger partial charge on any atom is 0.328 e. The average molecular weight is 375 g/mol. The monoisotopic (exact) mass is 375 g/mol. The van der Waals surface area contributed by atoms with Gasteiger partial charge in [-0.1, -0.05) is 24.3 Å². The maximum atomic E-state index is 10.5. The molecule has 7 nitrogen and oxygen atoms in total. The van der Waals surface area contributed by atoms with Crippen LogP contribution in [0, 0.1) is 0 Å². The van der Waals surface area contributed by atoms with E-state index in [-0.39, 0.29) is 0 Å². The van der Waals surface area contributed by atoms with Gasteiger partial charge in [-0.15, -0.1) is 0 Å². The number of likely N-dealkylation sites (tertiary alicyclic amines) is 1. The lowest BCUT2D eigenvalue weighted by atomic mass is 10.2. The molecule has 0 spiro atoms. The number of anilines is 1. The van der Waals surface area contributed by atoms with Gasteiger partial charge in [-0.2, -0.15) is 0 Å². The minimum absolute atomic E-state index is 0.301.